The number of hydrogen-bond donors (Lipinski definition) is 1. The van der Waals surface area contributed by atoms with Gasteiger partial charge in [0.1, 0.15) is 5.69 Å². The van der Waals surface area contributed by atoms with E-state index >= 15 is 0 Å². The van der Waals surface area contributed by atoms with Crippen molar-refractivity contribution >= 4 is 17.5 Å². The summed E-state index contributed by atoms with van der Waals surface area (Å²) < 4.78 is 1.73. The van der Waals surface area contributed by atoms with Gasteiger partial charge in [-0.25, -0.2) is 4.98 Å². The number of alkyl halides is 1. The van der Waals surface area contributed by atoms with E-state index in [-0.39, 0.29) is 11.4 Å². The zero-order chi connectivity index (χ0) is 13.2. The molecular weight excluding hydrogens is 250 g/mol. The Balaban J connectivity index is 2.11. The van der Waals surface area contributed by atoms with Crippen LogP contribution in [0, 0.1) is 5.92 Å². The maximum absolute atomic E-state index is 12.2. The van der Waals surface area contributed by atoms with Gasteiger partial charge >= 0.3 is 0 Å². The summed E-state index contributed by atoms with van der Waals surface area (Å²) in [6, 6.07) is 0. The van der Waals surface area contributed by atoms with Gasteiger partial charge in [0.05, 0.1) is 18.1 Å². The summed E-state index contributed by atoms with van der Waals surface area (Å²) in [5, 5.41) is 3.12. The molecule has 1 heterocycles. The summed E-state index contributed by atoms with van der Waals surface area (Å²) in [7, 11) is 1.82. The van der Waals surface area contributed by atoms with E-state index in [9.17, 15) is 4.79 Å². The van der Waals surface area contributed by atoms with Crippen LogP contribution in [0.1, 0.15) is 43.1 Å². The highest BCUT2D eigenvalue weighted by Gasteiger charge is 2.36. The SMILES string of the molecule is CC1CCCC(CCl)(NC(=O)c2cncn2C)C1. The van der Waals surface area contributed by atoms with Crippen molar-refractivity contribution in [1.29, 1.82) is 0 Å². The normalized spacial score (nSPS) is 28.1. The van der Waals surface area contributed by atoms with Gasteiger partial charge in [-0.1, -0.05) is 19.8 Å². The Labute approximate surface area is 113 Å². The summed E-state index contributed by atoms with van der Waals surface area (Å²) in [6.07, 6.45) is 7.49. The molecule has 0 radical (unpaired) electrons. The molecule has 18 heavy (non-hydrogen) atoms. The number of imidazole rings is 1. The first-order valence-electron chi connectivity index (χ1n) is 6.41. The molecule has 1 N–H and O–H groups in total. The average Bonchev–Trinajstić information content (AvgIpc) is 2.75. The summed E-state index contributed by atoms with van der Waals surface area (Å²) in [6.45, 7) is 2.22. The summed E-state index contributed by atoms with van der Waals surface area (Å²) in [5.41, 5.74) is 0.332. The number of hydrogen-bond acceptors (Lipinski definition) is 2. The number of halogens is 1. The molecule has 2 rings (SSSR count). The fourth-order valence-corrected chi connectivity index (χ4v) is 3.12. The fraction of sp³-hybridized carbons (Fsp3) is 0.692. The van der Waals surface area contributed by atoms with E-state index in [0.29, 0.717) is 17.5 Å². The molecular formula is C13H20ClN3O. The third kappa shape index (κ3) is 2.69. The van der Waals surface area contributed by atoms with E-state index in [4.69, 9.17) is 11.6 Å². The van der Waals surface area contributed by atoms with Crippen LogP contribution in [0.2, 0.25) is 0 Å². The van der Waals surface area contributed by atoms with Crippen LogP contribution in [-0.2, 0) is 7.05 Å². The van der Waals surface area contributed by atoms with E-state index in [0.717, 1.165) is 19.3 Å². The van der Waals surface area contributed by atoms with Crippen molar-refractivity contribution in [3.8, 4) is 0 Å². The minimum atomic E-state index is -0.249. The van der Waals surface area contributed by atoms with E-state index < -0.39 is 0 Å². The standard InChI is InChI=1S/C13H20ClN3O/c1-10-4-3-5-13(6-10,8-14)16-12(18)11-7-15-9-17(11)2/h7,9-10H,3-6,8H2,1-2H3,(H,16,18). The van der Waals surface area contributed by atoms with Gasteiger partial charge in [-0.2, -0.15) is 0 Å². The minimum absolute atomic E-state index is 0.0789. The van der Waals surface area contributed by atoms with Gasteiger partial charge < -0.3 is 9.88 Å². The topological polar surface area (TPSA) is 46.9 Å². The highest BCUT2D eigenvalue weighted by atomic mass is 35.5. The second kappa shape index (κ2) is 5.31. The number of carbonyl (C=O) groups excluding carboxylic acids is 1. The molecule has 0 aromatic carbocycles. The number of amides is 1. The maximum atomic E-state index is 12.2. The number of nitrogens with zero attached hydrogens (tertiary/aromatic N) is 2. The molecule has 5 heteroatoms. The first-order valence-corrected chi connectivity index (χ1v) is 6.94. The van der Waals surface area contributed by atoms with Crippen LogP contribution in [-0.4, -0.2) is 26.9 Å². The molecule has 1 saturated carbocycles. The molecule has 1 aliphatic rings. The van der Waals surface area contributed by atoms with Crippen molar-refractivity contribution in [3.63, 3.8) is 0 Å². The first kappa shape index (κ1) is 13.4. The lowest BCUT2D eigenvalue weighted by atomic mass is 9.77. The lowest BCUT2D eigenvalue weighted by molar-refractivity contribution is 0.0859. The molecule has 1 aliphatic carbocycles. The summed E-state index contributed by atoms with van der Waals surface area (Å²) in [4.78, 5) is 16.2. The Hall–Kier alpha value is -1.03. The van der Waals surface area contributed by atoms with Gasteiger partial charge in [0.15, 0.2) is 0 Å². The fourth-order valence-electron chi connectivity index (χ4n) is 2.81. The Morgan fingerprint density at radius 1 is 1.72 bits per heavy atom. The molecule has 4 nitrogen and oxygen atoms in total. The van der Waals surface area contributed by atoms with Crippen molar-refractivity contribution in [2.45, 2.75) is 38.1 Å². The zero-order valence-electron chi connectivity index (χ0n) is 10.9. The highest BCUT2D eigenvalue weighted by Crippen LogP contribution is 2.33. The molecule has 1 aromatic heterocycles. The van der Waals surface area contributed by atoms with Crippen molar-refractivity contribution < 1.29 is 4.79 Å². The minimum Gasteiger partial charge on any atom is -0.344 e. The largest absolute Gasteiger partial charge is 0.344 e. The molecule has 100 valence electrons. The smallest absolute Gasteiger partial charge is 0.270 e. The summed E-state index contributed by atoms with van der Waals surface area (Å²) in [5.74, 6) is 1.01. The highest BCUT2D eigenvalue weighted by molar-refractivity contribution is 6.19. The van der Waals surface area contributed by atoms with Gasteiger partial charge in [0.25, 0.3) is 5.91 Å². The number of carbonyl (C=O) groups is 1. The molecule has 1 fully saturated rings. The molecule has 0 bridgehead atoms. The molecule has 2 unspecified atom stereocenters. The van der Waals surface area contributed by atoms with E-state index in [1.807, 2.05) is 7.05 Å². The van der Waals surface area contributed by atoms with Gasteiger partial charge in [-0.05, 0) is 18.8 Å². The molecule has 0 spiro atoms. The third-order valence-corrected chi connectivity index (χ3v) is 4.29. The van der Waals surface area contributed by atoms with E-state index in [2.05, 4.69) is 17.2 Å². The van der Waals surface area contributed by atoms with Crippen LogP contribution in [0.3, 0.4) is 0 Å². The van der Waals surface area contributed by atoms with Crippen molar-refractivity contribution in [3.05, 3.63) is 18.2 Å². The van der Waals surface area contributed by atoms with Crippen LogP contribution in [0.5, 0.6) is 0 Å². The molecule has 2 atom stereocenters. The number of rotatable bonds is 3. The van der Waals surface area contributed by atoms with Gasteiger partial charge in [-0.15, -0.1) is 11.6 Å². The first-order chi connectivity index (χ1) is 8.56. The van der Waals surface area contributed by atoms with Gasteiger partial charge in [0, 0.05) is 12.9 Å². The van der Waals surface area contributed by atoms with E-state index in [1.165, 1.54) is 6.42 Å². The van der Waals surface area contributed by atoms with Crippen LogP contribution in [0.25, 0.3) is 0 Å². The van der Waals surface area contributed by atoms with E-state index in [1.54, 1.807) is 17.1 Å². The molecule has 1 aromatic rings. The van der Waals surface area contributed by atoms with Gasteiger partial charge in [0.2, 0.25) is 0 Å². The molecule has 0 saturated heterocycles. The van der Waals surface area contributed by atoms with Crippen molar-refractivity contribution in [2.75, 3.05) is 5.88 Å². The van der Waals surface area contributed by atoms with Crippen LogP contribution in [0.15, 0.2) is 12.5 Å². The number of aromatic nitrogens is 2. The lowest BCUT2D eigenvalue weighted by Gasteiger charge is -2.39. The number of nitrogens with one attached hydrogen (secondary N) is 1. The van der Waals surface area contributed by atoms with Gasteiger partial charge in [-0.3, -0.25) is 4.79 Å². The summed E-state index contributed by atoms with van der Waals surface area (Å²) >= 11 is 6.11. The molecule has 0 aliphatic heterocycles. The van der Waals surface area contributed by atoms with Crippen molar-refractivity contribution in [1.82, 2.24) is 14.9 Å². The van der Waals surface area contributed by atoms with Crippen molar-refractivity contribution in [2.24, 2.45) is 13.0 Å². The third-order valence-electron chi connectivity index (χ3n) is 3.78. The number of aryl methyl sites for hydroxylation is 1. The van der Waals surface area contributed by atoms with Crippen LogP contribution >= 0.6 is 11.6 Å². The molecule has 1 amide bonds. The Kier molecular flexibility index (Phi) is 3.95. The monoisotopic (exact) mass is 269 g/mol. The predicted molar refractivity (Wildman–Crippen MR) is 71.8 cm³/mol. The lowest BCUT2D eigenvalue weighted by Crippen LogP contribution is -2.53. The predicted octanol–water partition coefficient (Wildman–Crippen LogP) is 2.34. The zero-order valence-corrected chi connectivity index (χ0v) is 11.7. The maximum Gasteiger partial charge on any atom is 0.270 e. The second-order valence-electron chi connectivity index (χ2n) is 5.46. The van der Waals surface area contributed by atoms with Crippen LogP contribution < -0.4 is 5.32 Å². The second-order valence-corrected chi connectivity index (χ2v) is 5.73. The Morgan fingerprint density at radius 3 is 3.06 bits per heavy atom. The quantitative estimate of drug-likeness (QED) is 0.856. The Bertz CT molecular complexity index is 432. The Morgan fingerprint density at radius 2 is 2.50 bits per heavy atom. The van der Waals surface area contributed by atoms with Crippen LogP contribution in [0.4, 0.5) is 0 Å². The average molecular weight is 270 g/mol.